The van der Waals surface area contributed by atoms with Gasteiger partial charge >= 0.3 is 0 Å². The predicted octanol–water partition coefficient (Wildman–Crippen LogP) is 3.03. The molecule has 130 valence electrons. The van der Waals surface area contributed by atoms with E-state index in [9.17, 15) is 4.79 Å². The maximum Gasteiger partial charge on any atom is 0.251 e. The van der Waals surface area contributed by atoms with Gasteiger partial charge in [0.15, 0.2) is 0 Å². The SMILES string of the molecule is Cc1ccc(N)cc1C(=O)NC1CCN(CC2CC2)CC1.Cl.Cl. The van der Waals surface area contributed by atoms with Gasteiger partial charge < -0.3 is 16.0 Å². The minimum Gasteiger partial charge on any atom is -0.399 e. The number of nitrogens with one attached hydrogen (secondary N) is 1. The highest BCUT2D eigenvalue weighted by Crippen LogP contribution is 2.30. The van der Waals surface area contributed by atoms with Crippen molar-refractivity contribution in [3.8, 4) is 0 Å². The fourth-order valence-corrected chi connectivity index (χ4v) is 3.07. The zero-order valence-electron chi connectivity index (χ0n) is 13.6. The molecule has 0 spiro atoms. The molecule has 0 radical (unpaired) electrons. The van der Waals surface area contributed by atoms with Crippen LogP contribution in [0.15, 0.2) is 18.2 Å². The number of nitrogens with two attached hydrogens (primary N) is 1. The van der Waals surface area contributed by atoms with Gasteiger partial charge in [-0.05, 0) is 56.2 Å². The Hall–Kier alpha value is -0.970. The number of likely N-dealkylation sites (tertiary alicyclic amines) is 1. The average Bonchev–Trinajstić information content (AvgIpc) is 3.27. The van der Waals surface area contributed by atoms with Crippen molar-refractivity contribution in [3.05, 3.63) is 29.3 Å². The summed E-state index contributed by atoms with van der Waals surface area (Å²) in [7, 11) is 0. The number of benzene rings is 1. The lowest BCUT2D eigenvalue weighted by atomic mass is 10.0. The minimum absolute atomic E-state index is 0. The van der Waals surface area contributed by atoms with Crippen LogP contribution in [-0.4, -0.2) is 36.5 Å². The number of aryl methyl sites for hydroxylation is 1. The Morgan fingerprint density at radius 2 is 1.87 bits per heavy atom. The monoisotopic (exact) mass is 359 g/mol. The van der Waals surface area contributed by atoms with E-state index in [-0.39, 0.29) is 30.7 Å². The molecule has 0 aromatic heterocycles. The lowest BCUT2D eigenvalue weighted by molar-refractivity contribution is 0.0909. The summed E-state index contributed by atoms with van der Waals surface area (Å²) in [6.45, 7) is 5.43. The second-order valence-corrected chi connectivity index (χ2v) is 6.57. The number of piperidine rings is 1. The van der Waals surface area contributed by atoms with Crippen molar-refractivity contribution in [1.82, 2.24) is 10.2 Å². The Labute approximate surface area is 151 Å². The van der Waals surface area contributed by atoms with E-state index in [1.165, 1.54) is 19.4 Å². The van der Waals surface area contributed by atoms with E-state index in [2.05, 4.69) is 10.2 Å². The van der Waals surface area contributed by atoms with E-state index >= 15 is 0 Å². The fraction of sp³-hybridized carbons (Fsp3) is 0.588. The molecule has 0 atom stereocenters. The molecule has 0 unspecified atom stereocenters. The van der Waals surface area contributed by atoms with Crippen molar-refractivity contribution in [2.45, 2.75) is 38.6 Å². The van der Waals surface area contributed by atoms with Crippen molar-refractivity contribution in [1.29, 1.82) is 0 Å². The van der Waals surface area contributed by atoms with Crippen molar-refractivity contribution in [2.24, 2.45) is 5.92 Å². The molecule has 6 heteroatoms. The topological polar surface area (TPSA) is 58.4 Å². The number of hydrogen-bond donors (Lipinski definition) is 2. The van der Waals surface area contributed by atoms with Gasteiger partial charge in [-0.15, -0.1) is 24.8 Å². The molecule has 1 aromatic rings. The molecule has 0 bridgehead atoms. The van der Waals surface area contributed by atoms with Gasteiger partial charge in [0.05, 0.1) is 0 Å². The number of hydrogen-bond acceptors (Lipinski definition) is 3. The Kier molecular flexibility index (Phi) is 7.65. The maximum absolute atomic E-state index is 12.4. The average molecular weight is 360 g/mol. The molecular formula is C17H27Cl2N3O. The van der Waals surface area contributed by atoms with Gasteiger partial charge in [-0.25, -0.2) is 0 Å². The van der Waals surface area contributed by atoms with Crippen molar-refractivity contribution < 1.29 is 4.79 Å². The number of carbonyl (C=O) groups is 1. The Morgan fingerprint density at radius 3 is 2.48 bits per heavy atom. The first-order valence-corrected chi connectivity index (χ1v) is 8.01. The summed E-state index contributed by atoms with van der Waals surface area (Å²) in [6.07, 6.45) is 4.93. The van der Waals surface area contributed by atoms with Crippen LogP contribution in [0, 0.1) is 12.8 Å². The van der Waals surface area contributed by atoms with Crippen LogP contribution < -0.4 is 11.1 Å². The molecule has 1 aromatic carbocycles. The fourth-order valence-electron chi connectivity index (χ4n) is 3.07. The van der Waals surface area contributed by atoms with Gasteiger partial charge in [0.25, 0.3) is 5.91 Å². The standard InChI is InChI=1S/C17H25N3O.2ClH/c1-12-2-5-14(18)10-16(12)17(21)19-15-6-8-20(9-7-15)11-13-3-4-13;;/h2,5,10,13,15H,3-4,6-9,11,18H2,1H3,(H,19,21);2*1H. The first kappa shape index (κ1) is 20.1. The quantitative estimate of drug-likeness (QED) is 0.812. The summed E-state index contributed by atoms with van der Waals surface area (Å²) in [6, 6.07) is 5.81. The lowest BCUT2D eigenvalue weighted by Crippen LogP contribution is -2.45. The van der Waals surface area contributed by atoms with Gasteiger partial charge in [-0.1, -0.05) is 6.07 Å². The number of amides is 1. The molecule has 2 aliphatic rings. The molecule has 1 saturated heterocycles. The summed E-state index contributed by atoms with van der Waals surface area (Å²) < 4.78 is 0. The van der Waals surface area contributed by atoms with Crippen LogP contribution in [0.25, 0.3) is 0 Å². The van der Waals surface area contributed by atoms with E-state index in [4.69, 9.17) is 5.73 Å². The number of anilines is 1. The second kappa shape index (κ2) is 8.76. The van der Waals surface area contributed by atoms with E-state index in [0.29, 0.717) is 17.3 Å². The van der Waals surface area contributed by atoms with Crippen LogP contribution in [0.4, 0.5) is 5.69 Å². The van der Waals surface area contributed by atoms with Crippen LogP contribution in [0.5, 0.6) is 0 Å². The Bertz CT molecular complexity index is 527. The maximum atomic E-state index is 12.4. The van der Waals surface area contributed by atoms with Crippen molar-refractivity contribution in [3.63, 3.8) is 0 Å². The summed E-state index contributed by atoms with van der Waals surface area (Å²) in [5.74, 6) is 0.964. The van der Waals surface area contributed by atoms with E-state index in [0.717, 1.165) is 37.4 Å². The van der Waals surface area contributed by atoms with Crippen LogP contribution in [0.2, 0.25) is 0 Å². The highest BCUT2D eigenvalue weighted by molar-refractivity contribution is 5.96. The summed E-state index contributed by atoms with van der Waals surface area (Å²) >= 11 is 0. The highest BCUT2D eigenvalue weighted by Gasteiger charge is 2.27. The summed E-state index contributed by atoms with van der Waals surface area (Å²) in [4.78, 5) is 14.9. The molecule has 1 aliphatic carbocycles. The third-order valence-electron chi connectivity index (χ3n) is 4.64. The van der Waals surface area contributed by atoms with E-state index < -0.39 is 0 Å². The van der Waals surface area contributed by atoms with Crippen LogP contribution in [-0.2, 0) is 0 Å². The zero-order valence-corrected chi connectivity index (χ0v) is 15.2. The largest absolute Gasteiger partial charge is 0.399 e. The van der Waals surface area contributed by atoms with Crippen LogP contribution in [0.3, 0.4) is 0 Å². The Balaban J connectivity index is 0.00000132. The molecule has 1 amide bonds. The van der Waals surface area contributed by atoms with Gasteiger partial charge in [0, 0.05) is 36.9 Å². The lowest BCUT2D eigenvalue weighted by Gasteiger charge is -2.32. The summed E-state index contributed by atoms with van der Waals surface area (Å²) in [5.41, 5.74) is 8.11. The van der Waals surface area contributed by atoms with Gasteiger partial charge in [0.1, 0.15) is 0 Å². The van der Waals surface area contributed by atoms with Crippen molar-refractivity contribution >= 4 is 36.4 Å². The van der Waals surface area contributed by atoms with Gasteiger partial charge in [-0.2, -0.15) is 0 Å². The van der Waals surface area contributed by atoms with Gasteiger partial charge in [-0.3, -0.25) is 4.79 Å². The second-order valence-electron chi connectivity index (χ2n) is 6.57. The van der Waals surface area contributed by atoms with E-state index in [1.54, 1.807) is 6.07 Å². The number of rotatable bonds is 4. The van der Waals surface area contributed by atoms with E-state index in [1.807, 2.05) is 19.1 Å². The van der Waals surface area contributed by atoms with Crippen LogP contribution >= 0.6 is 24.8 Å². The smallest absolute Gasteiger partial charge is 0.251 e. The molecule has 1 heterocycles. The first-order chi connectivity index (χ1) is 10.1. The zero-order chi connectivity index (χ0) is 14.8. The first-order valence-electron chi connectivity index (χ1n) is 8.01. The molecular weight excluding hydrogens is 333 g/mol. The molecule has 3 N–H and O–H groups in total. The third kappa shape index (κ3) is 5.55. The normalized spacial score (nSPS) is 18.7. The highest BCUT2D eigenvalue weighted by atomic mass is 35.5. The molecule has 23 heavy (non-hydrogen) atoms. The van der Waals surface area contributed by atoms with Gasteiger partial charge in [0.2, 0.25) is 0 Å². The summed E-state index contributed by atoms with van der Waals surface area (Å²) in [5, 5.41) is 3.17. The van der Waals surface area contributed by atoms with Crippen molar-refractivity contribution in [2.75, 3.05) is 25.4 Å². The molecule has 1 aliphatic heterocycles. The molecule has 4 nitrogen and oxygen atoms in total. The molecule has 2 fully saturated rings. The number of nitrogen functional groups attached to an aromatic ring is 1. The molecule has 1 saturated carbocycles. The number of nitrogens with zero attached hydrogens (tertiary/aromatic N) is 1. The minimum atomic E-state index is 0. The van der Waals surface area contributed by atoms with Crippen LogP contribution in [0.1, 0.15) is 41.6 Å². The predicted molar refractivity (Wildman–Crippen MR) is 99.7 cm³/mol. The number of carbonyl (C=O) groups excluding carboxylic acids is 1. The number of halogens is 2. The Morgan fingerprint density at radius 1 is 1.22 bits per heavy atom. The third-order valence-corrected chi connectivity index (χ3v) is 4.64. The molecule has 3 rings (SSSR count).